The number of carbonyl (C=O) groups is 2. The van der Waals surface area contributed by atoms with E-state index in [-0.39, 0.29) is 22.1 Å². The second-order valence-corrected chi connectivity index (χ2v) is 10.3. The van der Waals surface area contributed by atoms with Crippen molar-refractivity contribution >= 4 is 61.7 Å². The maximum Gasteiger partial charge on any atom is 0.271 e. The Hall–Kier alpha value is -3.34. The van der Waals surface area contributed by atoms with E-state index in [4.69, 9.17) is 11.6 Å². The van der Waals surface area contributed by atoms with Crippen LogP contribution in [0.1, 0.15) is 15.9 Å². The summed E-state index contributed by atoms with van der Waals surface area (Å²) < 4.78 is 27.3. The van der Waals surface area contributed by atoms with E-state index in [0.717, 1.165) is 5.56 Å². The zero-order valence-electron chi connectivity index (χ0n) is 17.9. The largest absolute Gasteiger partial charge is 0.280 e. The quantitative estimate of drug-likeness (QED) is 0.478. The lowest BCUT2D eigenvalue weighted by atomic mass is 10.2. The fraction of sp³-hybridized carbons (Fsp3) is 0.0870. The number of benzene rings is 3. The van der Waals surface area contributed by atoms with Crippen molar-refractivity contribution in [2.75, 3.05) is 15.4 Å². The van der Waals surface area contributed by atoms with E-state index in [0.29, 0.717) is 21.6 Å². The Bertz CT molecular complexity index is 1380. The Morgan fingerprint density at radius 3 is 2.47 bits per heavy atom. The van der Waals surface area contributed by atoms with Crippen LogP contribution in [0.3, 0.4) is 0 Å². The molecule has 1 aliphatic heterocycles. The molecule has 1 heterocycles. The molecule has 0 spiro atoms. The molecule has 1 aliphatic rings. The van der Waals surface area contributed by atoms with E-state index < -0.39 is 15.9 Å². The van der Waals surface area contributed by atoms with Crippen LogP contribution in [-0.2, 0) is 14.8 Å². The van der Waals surface area contributed by atoms with Crippen molar-refractivity contribution in [2.24, 2.45) is 5.10 Å². The van der Waals surface area contributed by atoms with Crippen LogP contribution in [0.5, 0.6) is 0 Å². The van der Waals surface area contributed by atoms with Crippen molar-refractivity contribution in [1.82, 2.24) is 5.43 Å². The highest BCUT2D eigenvalue weighted by atomic mass is 35.5. The van der Waals surface area contributed by atoms with Gasteiger partial charge in [0.15, 0.2) is 5.17 Å². The molecule has 0 aliphatic carbocycles. The van der Waals surface area contributed by atoms with Gasteiger partial charge in [-0.05, 0) is 61.0 Å². The van der Waals surface area contributed by atoms with Crippen LogP contribution in [-0.4, -0.2) is 31.2 Å². The smallest absolute Gasteiger partial charge is 0.271 e. The summed E-state index contributed by atoms with van der Waals surface area (Å²) in [6, 6.07) is 19.1. The van der Waals surface area contributed by atoms with Crippen LogP contribution in [0.2, 0.25) is 5.02 Å². The normalized spacial score (nSPS) is 14.9. The molecule has 0 radical (unpaired) electrons. The molecule has 0 atom stereocenters. The van der Waals surface area contributed by atoms with Crippen LogP contribution in [0.4, 0.5) is 11.4 Å². The van der Waals surface area contributed by atoms with Crippen molar-refractivity contribution in [3.63, 3.8) is 0 Å². The van der Waals surface area contributed by atoms with Gasteiger partial charge in [-0.2, -0.15) is 0 Å². The number of hydrazone groups is 1. The van der Waals surface area contributed by atoms with Gasteiger partial charge >= 0.3 is 0 Å². The average Bonchev–Trinajstić information content (AvgIpc) is 3.20. The van der Waals surface area contributed by atoms with E-state index in [1.54, 1.807) is 36.4 Å². The van der Waals surface area contributed by atoms with Crippen molar-refractivity contribution in [2.45, 2.75) is 11.8 Å². The summed E-state index contributed by atoms with van der Waals surface area (Å²) in [5.74, 6) is -0.484. The van der Waals surface area contributed by atoms with Gasteiger partial charge in [-0.1, -0.05) is 47.6 Å². The first-order chi connectivity index (χ1) is 16.2. The molecule has 1 fully saturated rings. The van der Waals surface area contributed by atoms with E-state index in [1.807, 2.05) is 6.92 Å². The molecule has 11 heteroatoms. The van der Waals surface area contributed by atoms with Gasteiger partial charge in [-0.3, -0.25) is 19.2 Å². The van der Waals surface area contributed by atoms with Gasteiger partial charge in [0.2, 0.25) is 5.91 Å². The van der Waals surface area contributed by atoms with Crippen LogP contribution >= 0.6 is 23.4 Å². The van der Waals surface area contributed by atoms with Crippen molar-refractivity contribution < 1.29 is 18.0 Å². The zero-order valence-corrected chi connectivity index (χ0v) is 20.2. The molecule has 4 rings (SSSR count). The molecule has 8 nitrogen and oxygen atoms in total. The van der Waals surface area contributed by atoms with Crippen LogP contribution in [0.25, 0.3) is 0 Å². The summed E-state index contributed by atoms with van der Waals surface area (Å²) in [4.78, 5) is 26.6. The van der Waals surface area contributed by atoms with Crippen molar-refractivity contribution in [3.8, 4) is 0 Å². The number of halogens is 1. The molecule has 34 heavy (non-hydrogen) atoms. The minimum atomic E-state index is -3.73. The number of nitrogens with one attached hydrogen (secondary N) is 2. The minimum absolute atomic E-state index is 0.135. The topological polar surface area (TPSA) is 108 Å². The number of aryl methyl sites for hydroxylation is 1. The first kappa shape index (κ1) is 23.8. The highest BCUT2D eigenvalue weighted by molar-refractivity contribution is 8.15. The Morgan fingerprint density at radius 2 is 1.76 bits per heavy atom. The third-order valence-electron chi connectivity index (χ3n) is 4.88. The summed E-state index contributed by atoms with van der Waals surface area (Å²) in [6.45, 7) is 1.85. The standard InChI is InChI=1S/C23H19ClN4O4S2/c1-15-7-10-17(24)13-20(15)28-21(29)14-33-23(28)26-25-22(30)16-8-11-18(12-9-16)27-34(31,32)19-5-3-2-4-6-19/h2-13,27H,14H2,1H3,(H,25,30)/b26-23+. The number of sulfonamides is 1. The Balaban J connectivity index is 1.46. The SMILES string of the molecule is Cc1ccc(Cl)cc1N1C(=O)CS/C1=N/NC(=O)c1ccc(NS(=O)(=O)c2ccccc2)cc1. The number of thioether (sulfide) groups is 1. The first-order valence-corrected chi connectivity index (χ1v) is 12.9. The molecule has 0 bridgehead atoms. The molecule has 0 aromatic heterocycles. The van der Waals surface area contributed by atoms with Gasteiger partial charge in [-0.15, -0.1) is 5.10 Å². The lowest BCUT2D eigenvalue weighted by Gasteiger charge is -2.18. The first-order valence-electron chi connectivity index (χ1n) is 10.0. The van der Waals surface area contributed by atoms with Gasteiger partial charge < -0.3 is 0 Å². The molecular weight excluding hydrogens is 496 g/mol. The van der Waals surface area contributed by atoms with E-state index in [1.165, 1.54) is 53.1 Å². The lowest BCUT2D eigenvalue weighted by molar-refractivity contribution is -0.115. The molecule has 0 unspecified atom stereocenters. The average molecular weight is 515 g/mol. The maximum absolute atomic E-state index is 12.6. The highest BCUT2D eigenvalue weighted by Gasteiger charge is 2.31. The lowest BCUT2D eigenvalue weighted by Crippen LogP contribution is -2.32. The molecule has 1 saturated heterocycles. The molecule has 2 N–H and O–H groups in total. The zero-order chi connectivity index (χ0) is 24.3. The van der Waals surface area contributed by atoms with E-state index in [2.05, 4.69) is 15.2 Å². The number of hydrogen-bond acceptors (Lipinski definition) is 6. The van der Waals surface area contributed by atoms with Crippen molar-refractivity contribution in [3.05, 3.63) is 88.9 Å². The van der Waals surface area contributed by atoms with Crippen molar-refractivity contribution in [1.29, 1.82) is 0 Å². The van der Waals surface area contributed by atoms with Crippen LogP contribution in [0, 0.1) is 6.92 Å². The molecule has 3 aromatic carbocycles. The number of amidine groups is 1. The summed E-state index contributed by atoms with van der Waals surface area (Å²) >= 11 is 7.29. The van der Waals surface area contributed by atoms with E-state index in [9.17, 15) is 18.0 Å². The third kappa shape index (κ3) is 5.24. The van der Waals surface area contributed by atoms with Crippen LogP contribution < -0.4 is 15.0 Å². The number of nitrogens with zero attached hydrogens (tertiary/aromatic N) is 2. The number of amides is 2. The number of carbonyl (C=O) groups excluding carboxylic acids is 2. The van der Waals surface area contributed by atoms with Gasteiger partial charge in [0.1, 0.15) is 0 Å². The van der Waals surface area contributed by atoms with Gasteiger partial charge in [-0.25, -0.2) is 13.8 Å². The minimum Gasteiger partial charge on any atom is -0.280 e. The predicted molar refractivity (Wildman–Crippen MR) is 135 cm³/mol. The second-order valence-electron chi connectivity index (χ2n) is 7.28. The number of rotatable bonds is 6. The summed E-state index contributed by atoms with van der Waals surface area (Å²) in [5.41, 5.74) is 4.48. The fourth-order valence-corrected chi connectivity index (χ4v) is 5.24. The van der Waals surface area contributed by atoms with Gasteiger partial charge in [0.05, 0.1) is 16.3 Å². The number of anilines is 2. The van der Waals surface area contributed by atoms with Crippen LogP contribution in [0.15, 0.2) is 82.8 Å². The summed E-state index contributed by atoms with van der Waals surface area (Å²) in [6.07, 6.45) is 0. The van der Waals surface area contributed by atoms with Gasteiger partial charge in [0, 0.05) is 16.3 Å². The van der Waals surface area contributed by atoms with Gasteiger partial charge in [0.25, 0.3) is 15.9 Å². The van der Waals surface area contributed by atoms with E-state index >= 15 is 0 Å². The summed E-state index contributed by atoms with van der Waals surface area (Å²) in [7, 11) is -3.73. The summed E-state index contributed by atoms with van der Waals surface area (Å²) in [5, 5.41) is 4.94. The molecule has 2 amide bonds. The maximum atomic E-state index is 12.6. The molecule has 174 valence electrons. The predicted octanol–water partition coefficient (Wildman–Crippen LogP) is 4.23. The highest BCUT2D eigenvalue weighted by Crippen LogP contribution is 2.31. The Morgan fingerprint density at radius 1 is 1.06 bits per heavy atom. The Kier molecular flexibility index (Phi) is 6.92. The molecule has 0 saturated carbocycles. The molecular formula is C23H19ClN4O4S2. The fourth-order valence-electron chi connectivity index (χ4n) is 3.17. The monoisotopic (exact) mass is 514 g/mol. The Labute approximate surface area is 206 Å². The third-order valence-corrected chi connectivity index (χ3v) is 7.44. The number of hydrogen-bond donors (Lipinski definition) is 2. The molecule has 3 aromatic rings. The second kappa shape index (κ2) is 9.88.